The molecular formula is C25H23ClN2O3. The summed E-state index contributed by atoms with van der Waals surface area (Å²) in [6.45, 7) is 0.397. The van der Waals surface area contributed by atoms with Crippen LogP contribution in [0.3, 0.4) is 0 Å². The van der Waals surface area contributed by atoms with E-state index in [1.165, 1.54) is 4.90 Å². The van der Waals surface area contributed by atoms with E-state index in [2.05, 4.69) is 17.5 Å². The van der Waals surface area contributed by atoms with Gasteiger partial charge in [-0.05, 0) is 41.5 Å². The molecular weight excluding hydrogens is 412 g/mol. The van der Waals surface area contributed by atoms with Crippen LogP contribution in [-0.4, -0.2) is 22.6 Å². The van der Waals surface area contributed by atoms with Crippen LogP contribution in [0, 0.1) is 23.7 Å². The van der Waals surface area contributed by atoms with Gasteiger partial charge >= 0.3 is 0 Å². The Morgan fingerprint density at radius 2 is 1.58 bits per heavy atom. The Bertz CT molecular complexity index is 1020. The molecule has 2 aromatic carbocycles. The molecule has 1 saturated heterocycles. The Balaban J connectivity index is 1.39. The van der Waals surface area contributed by atoms with Crippen LogP contribution >= 0.6 is 11.6 Å². The molecule has 1 aliphatic heterocycles. The Kier molecular flexibility index (Phi) is 5.14. The molecule has 1 heterocycles. The number of nitrogens with zero attached hydrogens (tertiary/aromatic N) is 1. The number of allylic oxidation sites excluding steroid dienone is 2. The third kappa shape index (κ3) is 3.57. The van der Waals surface area contributed by atoms with Gasteiger partial charge < -0.3 is 5.32 Å². The van der Waals surface area contributed by atoms with Gasteiger partial charge in [0.05, 0.1) is 24.3 Å². The van der Waals surface area contributed by atoms with Crippen molar-refractivity contribution in [3.8, 4) is 0 Å². The fourth-order valence-electron chi connectivity index (χ4n) is 5.32. The predicted molar refractivity (Wildman–Crippen MR) is 117 cm³/mol. The molecule has 5 nitrogen and oxygen atoms in total. The lowest BCUT2D eigenvalue weighted by Crippen LogP contribution is -2.39. The number of carbonyl (C=O) groups excluding carboxylic acids is 3. The number of rotatable bonds is 6. The Labute approximate surface area is 186 Å². The normalized spacial score (nSPS) is 26.9. The van der Waals surface area contributed by atoms with Crippen molar-refractivity contribution < 1.29 is 14.4 Å². The van der Waals surface area contributed by atoms with Gasteiger partial charge in [0.25, 0.3) is 0 Å². The third-order valence-corrected chi connectivity index (χ3v) is 7.03. The summed E-state index contributed by atoms with van der Waals surface area (Å²) in [5, 5.41) is 3.48. The molecule has 6 heteroatoms. The van der Waals surface area contributed by atoms with E-state index in [9.17, 15) is 14.4 Å². The van der Waals surface area contributed by atoms with Gasteiger partial charge in [-0.3, -0.25) is 19.3 Å². The van der Waals surface area contributed by atoms with E-state index in [0.717, 1.165) is 17.5 Å². The van der Waals surface area contributed by atoms with E-state index in [1.807, 2.05) is 30.3 Å². The van der Waals surface area contributed by atoms with Crippen molar-refractivity contribution in [1.29, 1.82) is 0 Å². The zero-order valence-electron chi connectivity index (χ0n) is 16.9. The van der Waals surface area contributed by atoms with Crippen molar-refractivity contribution in [2.75, 3.05) is 0 Å². The monoisotopic (exact) mass is 434 g/mol. The summed E-state index contributed by atoms with van der Waals surface area (Å²) >= 11 is 6.05. The number of hydrogen-bond acceptors (Lipinski definition) is 3. The zero-order valence-corrected chi connectivity index (χ0v) is 17.7. The second-order valence-corrected chi connectivity index (χ2v) is 9.02. The van der Waals surface area contributed by atoms with Crippen molar-refractivity contribution in [2.45, 2.75) is 25.4 Å². The maximum absolute atomic E-state index is 13.3. The van der Waals surface area contributed by atoms with Gasteiger partial charge in [0, 0.05) is 11.6 Å². The number of imide groups is 1. The minimum Gasteiger partial charge on any atom is -0.352 e. The summed E-state index contributed by atoms with van der Waals surface area (Å²) in [6, 6.07) is 16.0. The van der Waals surface area contributed by atoms with Gasteiger partial charge in [-0.25, -0.2) is 0 Å². The minimum atomic E-state index is -0.641. The van der Waals surface area contributed by atoms with E-state index in [-0.39, 0.29) is 47.8 Å². The molecule has 5 unspecified atom stereocenters. The molecule has 1 N–H and O–H groups in total. The fraction of sp³-hybridized carbons (Fsp3) is 0.320. The number of nitrogens with one attached hydrogen (secondary N) is 1. The first-order valence-corrected chi connectivity index (χ1v) is 11.0. The largest absolute Gasteiger partial charge is 0.352 e. The highest BCUT2D eigenvalue weighted by atomic mass is 35.5. The number of benzene rings is 2. The van der Waals surface area contributed by atoms with Gasteiger partial charge in [0.2, 0.25) is 17.7 Å². The lowest BCUT2D eigenvalue weighted by atomic mass is 9.85. The van der Waals surface area contributed by atoms with Gasteiger partial charge in [0.15, 0.2) is 0 Å². The topological polar surface area (TPSA) is 66.5 Å². The summed E-state index contributed by atoms with van der Waals surface area (Å²) in [5.41, 5.74) is 1.73. The van der Waals surface area contributed by atoms with Crippen LogP contribution in [0.25, 0.3) is 0 Å². The Hall–Kier alpha value is -2.92. The highest BCUT2D eigenvalue weighted by molar-refractivity contribution is 6.30. The first-order valence-electron chi connectivity index (χ1n) is 10.6. The van der Waals surface area contributed by atoms with Crippen molar-refractivity contribution in [1.82, 2.24) is 10.2 Å². The molecule has 2 bridgehead atoms. The molecule has 3 aliphatic rings. The van der Waals surface area contributed by atoms with Crippen molar-refractivity contribution >= 4 is 29.3 Å². The Morgan fingerprint density at radius 1 is 0.968 bits per heavy atom. The SMILES string of the molecule is O=C(CC(c1ccc(Cl)cc1)N1C(=O)C2C3C=CC(C3)C2C1=O)NCc1ccccc1. The lowest BCUT2D eigenvalue weighted by molar-refractivity contribution is -0.144. The Morgan fingerprint density at radius 3 is 2.19 bits per heavy atom. The van der Waals surface area contributed by atoms with Crippen molar-refractivity contribution in [3.63, 3.8) is 0 Å². The van der Waals surface area contributed by atoms with Gasteiger partial charge in [0.1, 0.15) is 0 Å². The van der Waals surface area contributed by atoms with Crippen molar-refractivity contribution in [2.24, 2.45) is 23.7 Å². The van der Waals surface area contributed by atoms with Crippen LogP contribution in [0.2, 0.25) is 5.02 Å². The number of amides is 3. The molecule has 2 aliphatic carbocycles. The summed E-state index contributed by atoms with van der Waals surface area (Å²) in [7, 11) is 0. The zero-order chi connectivity index (χ0) is 21.5. The third-order valence-electron chi connectivity index (χ3n) is 6.78. The van der Waals surface area contributed by atoms with E-state index in [0.29, 0.717) is 11.6 Å². The molecule has 2 fully saturated rings. The molecule has 5 rings (SSSR count). The van der Waals surface area contributed by atoms with Crippen LogP contribution in [0.4, 0.5) is 0 Å². The quantitative estimate of drug-likeness (QED) is 0.554. The second-order valence-electron chi connectivity index (χ2n) is 8.58. The van der Waals surface area contributed by atoms with E-state index in [1.54, 1.807) is 24.3 Å². The molecule has 31 heavy (non-hydrogen) atoms. The first-order chi connectivity index (χ1) is 15.0. The summed E-state index contributed by atoms with van der Waals surface area (Å²) in [6.07, 6.45) is 5.05. The molecule has 2 aromatic rings. The molecule has 0 aromatic heterocycles. The fourth-order valence-corrected chi connectivity index (χ4v) is 5.45. The molecule has 0 spiro atoms. The standard InChI is InChI=1S/C25H23ClN2O3/c26-19-10-8-16(9-11-19)20(13-21(29)27-14-15-4-2-1-3-5-15)28-24(30)22-17-6-7-18(12-17)23(22)25(28)31/h1-11,17-18,20,22-23H,12-14H2,(H,27,29). The predicted octanol–water partition coefficient (Wildman–Crippen LogP) is 3.89. The maximum Gasteiger partial charge on any atom is 0.234 e. The smallest absolute Gasteiger partial charge is 0.234 e. The first kappa shape index (κ1) is 20.0. The van der Waals surface area contributed by atoms with E-state index < -0.39 is 6.04 Å². The van der Waals surface area contributed by atoms with Gasteiger partial charge in [-0.2, -0.15) is 0 Å². The van der Waals surface area contributed by atoms with Gasteiger partial charge in [-0.15, -0.1) is 0 Å². The summed E-state index contributed by atoms with van der Waals surface area (Å²) in [5.74, 6) is -0.814. The number of likely N-dealkylation sites (tertiary alicyclic amines) is 1. The van der Waals surface area contributed by atoms with Gasteiger partial charge in [-0.1, -0.05) is 66.2 Å². The van der Waals surface area contributed by atoms with Crippen LogP contribution in [-0.2, 0) is 20.9 Å². The maximum atomic E-state index is 13.3. The van der Waals surface area contributed by atoms with Crippen LogP contribution in [0.1, 0.15) is 30.0 Å². The summed E-state index contributed by atoms with van der Waals surface area (Å²) < 4.78 is 0. The van der Waals surface area contributed by atoms with E-state index >= 15 is 0 Å². The lowest BCUT2D eigenvalue weighted by Gasteiger charge is -2.28. The van der Waals surface area contributed by atoms with Crippen LogP contribution < -0.4 is 5.32 Å². The molecule has 5 atom stereocenters. The van der Waals surface area contributed by atoms with Crippen molar-refractivity contribution in [3.05, 3.63) is 82.9 Å². The molecule has 1 saturated carbocycles. The van der Waals surface area contributed by atoms with Crippen LogP contribution in [0.15, 0.2) is 66.7 Å². The molecule has 158 valence electrons. The van der Waals surface area contributed by atoms with E-state index in [4.69, 9.17) is 11.6 Å². The summed E-state index contributed by atoms with van der Waals surface area (Å²) in [4.78, 5) is 40.9. The average molecular weight is 435 g/mol. The second kappa shape index (κ2) is 7.97. The average Bonchev–Trinajstić information content (AvgIpc) is 3.46. The number of carbonyl (C=O) groups is 3. The van der Waals surface area contributed by atoms with Crippen LogP contribution in [0.5, 0.6) is 0 Å². The molecule has 0 radical (unpaired) electrons. The molecule has 3 amide bonds. The number of halogens is 1. The highest BCUT2D eigenvalue weighted by Gasteiger charge is 2.60. The number of hydrogen-bond donors (Lipinski definition) is 1. The highest BCUT2D eigenvalue weighted by Crippen LogP contribution is 2.54. The minimum absolute atomic E-state index is 0.0220. The number of fused-ring (bicyclic) bond motifs is 5.